The summed E-state index contributed by atoms with van der Waals surface area (Å²) in [4.78, 5) is 11.5. The Balaban J connectivity index is 0.00000106. The van der Waals surface area contributed by atoms with E-state index in [1.807, 2.05) is 52.0 Å². The third-order valence-electron chi connectivity index (χ3n) is 2.04. The summed E-state index contributed by atoms with van der Waals surface area (Å²) in [6, 6.07) is 7.92. The van der Waals surface area contributed by atoms with E-state index in [0.717, 1.165) is 12.0 Å². The quantitative estimate of drug-likeness (QED) is 0.832. The van der Waals surface area contributed by atoms with Gasteiger partial charge in [-0.2, -0.15) is 0 Å². The molecule has 1 N–H and O–H groups in total. The first kappa shape index (κ1) is 14.7. The number of carbonyl (C=O) groups is 1. The zero-order chi connectivity index (χ0) is 12.6. The molecule has 2 heteroatoms. The number of hydrogen-bond acceptors (Lipinski definition) is 1. The van der Waals surface area contributed by atoms with Crippen molar-refractivity contribution in [3.8, 4) is 0 Å². The monoisotopic (exact) mass is 221 g/mol. The first-order valence-electron chi connectivity index (χ1n) is 6.03. The van der Waals surface area contributed by atoms with E-state index in [2.05, 4.69) is 12.2 Å². The largest absolute Gasteiger partial charge is 0.350 e. The second-order valence-corrected chi connectivity index (χ2v) is 3.68. The number of amides is 1. The van der Waals surface area contributed by atoms with E-state index in [9.17, 15) is 4.79 Å². The molecular formula is C14H23NO. The van der Waals surface area contributed by atoms with Crippen LogP contribution < -0.4 is 5.32 Å². The minimum atomic E-state index is 0.00246. The summed E-state index contributed by atoms with van der Waals surface area (Å²) >= 11 is 0. The van der Waals surface area contributed by atoms with Crippen LogP contribution >= 0.6 is 0 Å². The van der Waals surface area contributed by atoms with E-state index < -0.39 is 0 Å². The van der Waals surface area contributed by atoms with Gasteiger partial charge < -0.3 is 5.32 Å². The predicted molar refractivity (Wildman–Crippen MR) is 69.8 cm³/mol. The lowest BCUT2D eigenvalue weighted by atomic mass is 10.1. The fraction of sp³-hybridized carbons (Fsp3) is 0.500. The highest BCUT2D eigenvalue weighted by molar-refractivity contribution is 5.94. The summed E-state index contributed by atoms with van der Waals surface area (Å²) in [5.74, 6) is 0.00246. The molecule has 0 aliphatic carbocycles. The topological polar surface area (TPSA) is 29.1 Å². The van der Waals surface area contributed by atoms with Gasteiger partial charge in [-0.1, -0.05) is 32.9 Å². The zero-order valence-corrected chi connectivity index (χ0v) is 11.0. The summed E-state index contributed by atoms with van der Waals surface area (Å²) in [5, 5.41) is 2.86. The maximum Gasteiger partial charge on any atom is 0.251 e. The molecule has 0 aromatic heterocycles. The van der Waals surface area contributed by atoms with Gasteiger partial charge in [0.25, 0.3) is 5.91 Å². The molecule has 0 radical (unpaired) electrons. The van der Waals surface area contributed by atoms with Crippen LogP contribution in [0.3, 0.4) is 0 Å². The van der Waals surface area contributed by atoms with Crippen molar-refractivity contribution in [2.45, 2.75) is 47.1 Å². The number of hydrogen-bond donors (Lipinski definition) is 1. The second kappa shape index (κ2) is 7.91. The summed E-state index contributed by atoms with van der Waals surface area (Å²) in [6.45, 7) is 10.0. The molecule has 0 atom stereocenters. The third kappa shape index (κ3) is 4.96. The minimum Gasteiger partial charge on any atom is -0.350 e. The summed E-state index contributed by atoms with van der Waals surface area (Å²) in [6.07, 6.45) is 1.01. The molecule has 1 aromatic carbocycles. The van der Waals surface area contributed by atoms with Crippen molar-refractivity contribution in [3.63, 3.8) is 0 Å². The summed E-state index contributed by atoms with van der Waals surface area (Å²) < 4.78 is 0. The SMILES string of the molecule is CC.CCc1ccc(C(=O)NC(C)C)cc1. The summed E-state index contributed by atoms with van der Waals surface area (Å²) in [7, 11) is 0. The molecule has 0 saturated carbocycles. The lowest BCUT2D eigenvalue weighted by Gasteiger charge is -2.08. The van der Waals surface area contributed by atoms with Crippen LogP contribution in [0.2, 0.25) is 0 Å². The number of rotatable bonds is 3. The lowest BCUT2D eigenvalue weighted by Crippen LogP contribution is -2.29. The van der Waals surface area contributed by atoms with Gasteiger partial charge in [0.15, 0.2) is 0 Å². The Morgan fingerprint density at radius 2 is 1.69 bits per heavy atom. The van der Waals surface area contributed by atoms with Crippen molar-refractivity contribution >= 4 is 5.91 Å². The standard InChI is InChI=1S/C12H17NO.C2H6/c1-4-10-5-7-11(8-6-10)12(14)13-9(2)3;1-2/h5-9H,4H2,1-3H3,(H,13,14);1-2H3. The van der Waals surface area contributed by atoms with Gasteiger partial charge in [0.1, 0.15) is 0 Å². The van der Waals surface area contributed by atoms with Crippen LogP contribution in [0.4, 0.5) is 0 Å². The number of carbonyl (C=O) groups excluding carboxylic acids is 1. The zero-order valence-electron chi connectivity index (χ0n) is 11.0. The average Bonchev–Trinajstić information content (AvgIpc) is 2.31. The maximum absolute atomic E-state index is 11.5. The molecule has 0 aliphatic heterocycles. The molecular weight excluding hydrogens is 198 g/mol. The lowest BCUT2D eigenvalue weighted by molar-refractivity contribution is 0.0943. The Hall–Kier alpha value is -1.31. The smallest absolute Gasteiger partial charge is 0.251 e. The second-order valence-electron chi connectivity index (χ2n) is 3.68. The maximum atomic E-state index is 11.5. The third-order valence-corrected chi connectivity index (χ3v) is 2.04. The van der Waals surface area contributed by atoms with Gasteiger partial charge in [-0.25, -0.2) is 0 Å². The van der Waals surface area contributed by atoms with Crippen LogP contribution in [0, 0.1) is 0 Å². The average molecular weight is 221 g/mol. The van der Waals surface area contributed by atoms with Crippen molar-refractivity contribution in [2.75, 3.05) is 0 Å². The normalized spacial score (nSPS) is 9.38. The van der Waals surface area contributed by atoms with Crippen molar-refractivity contribution in [1.29, 1.82) is 0 Å². The van der Waals surface area contributed by atoms with E-state index in [1.54, 1.807) is 0 Å². The Morgan fingerprint density at radius 3 is 2.06 bits per heavy atom. The molecule has 1 amide bonds. The van der Waals surface area contributed by atoms with Gasteiger partial charge in [0.05, 0.1) is 0 Å². The van der Waals surface area contributed by atoms with Crippen LogP contribution in [0.5, 0.6) is 0 Å². The Kier molecular flexibility index (Phi) is 7.27. The van der Waals surface area contributed by atoms with Crippen LogP contribution in [0.25, 0.3) is 0 Å². The molecule has 16 heavy (non-hydrogen) atoms. The molecule has 0 bridgehead atoms. The van der Waals surface area contributed by atoms with Crippen LogP contribution in [-0.4, -0.2) is 11.9 Å². The Labute approximate surface area is 99.1 Å². The fourth-order valence-corrected chi connectivity index (χ4v) is 1.24. The Bertz CT molecular complexity index is 301. The highest BCUT2D eigenvalue weighted by Crippen LogP contribution is 2.05. The number of benzene rings is 1. The highest BCUT2D eigenvalue weighted by Gasteiger charge is 2.05. The van der Waals surface area contributed by atoms with E-state index in [-0.39, 0.29) is 11.9 Å². The van der Waals surface area contributed by atoms with Gasteiger partial charge in [-0.15, -0.1) is 0 Å². The van der Waals surface area contributed by atoms with Gasteiger partial charge in [0, 0.05) is 11.6 Å². The van der Waals surface area contributed by atoms with E-state index >= 15 is 0 Å². The van der Waals surface area contributed by atoms with E-state index in [0.29, 0.717) is 0 Å². The molecule has 1 aromatic rings. The minimum absolute atomic E-state index is 0.00246. The van der Waals surface area contributed by atoms with Gasteiger partial charge in [-0.3, -0.25) is 4.79 Å². The first-order chi connectivity index (χ1) is 7.63. The molecule has 1 rings (SSSR count). The molecule has 0 unspecified atom stereocenters. The van der Waals surface area contributed by atoms with Crippen molar-refractivity contribution in [1.82, 2.24) is 5.32 Å². The molecule has 90 valence electrons. The van der Waals surface area contributed by atoms with Gasteiger partial charge >= 0.3 is 0 Å². The first-order valence-corrected chi connectivity index (χ1v) is 6.03. The number of nitrogens with one attached hydrogen (secondary N) is 1. The van der Waals surface area contributed by atoms with Crippen LogP contribution in [-0.2, 0) is 6.42 Å². The fourth-order valence-electron chi connectivity index (χ4n) is 1.24. The van der Waals surface area contributed by atoms with Gasteiger partial charge in [0.2, 0.25) is 0 Å². The van der Waals surface area contributed by atoms with Crippen molar-refractivity contribution < 1.29 is 4.79 Å². The van der Waals surface area contributed by atoms with Crippen LogP contribution in [0.1, 0.15) is 50.5 Å². The van der Waals surface area contributed by atoms with E-state index in [1.165, 1.54) is 5.56 Å². The molecule has 0 spiro atoms. The molecule has 0 saturated heterocycles. The Morgan fingerprint density at radius 1 is 1.19 bits per heavy atom. The van der Waals surface area contributed by atoms with Crippen molar-refractivity contribution in [3.05, 3.63) is 35.4 Å². The van der Waals surface area contributed by atoms with Crippen LogP contribution in [0.15, 0.2) is 24.3 Å². The van der Waals surface area contributed by atoms with E-state index in [4.69, 9.17) is 0 Å². The molecule has 0 heterocycles. The highest BCUT2D eigenvalue weighted by atomic mass is 16.1. The summed E-state index contributed by atoms with van der Waals surface area (Å²) in [5.41, 5.74) is 1.99. The van der Waals surface area contributed by atoms with Crippen molar-refractivity contribution in [2.24, 2.45) is 0 Å². The molecule has 2 nitrogen and oxygen atoms in total. The number of aryl methyl sites for hydroxylation is 1. The van der Waals surface area contributed by atoms with Gasteiger partial charge in [-0.05, 0) is 38.0 Å². The predicted octanol–water partition coefficient (Wildman–Crippen LogP) is 3.41. The molecule has 0 fully saturated rings. The molecule has 0 aliphatic rings.